The Morgan fingerprint density at radius 1 is 1.40 bits per heavy atom. The highest BCUT2D eigenvalue weighted by Crippen LogP contribution is 2.06. The molecular weight excluding hydrogens is 186 g/mol. The molecule has 1 heterocycles. The Labute approximate surface area is 91.9 Å². The van der Waals surface area contributed by atoms with Gasteiger partial charge in [0.1, 0.15) is 0 Å². The Morgan fingerprint density at radius 3 is 2.67 bits per heavy atom. The van der Waals surface area contributed by atoms with E-state index in [2.05, 4.69) is 34.8 Å². The Kier molecular flexibility index (Phi) is 5.44. The second-order valence-electron chi connectivity index (χ2n) is 3.40. The van der Waals surface area contributed by atoms with Crippen LogP contribution < -0.4 is 0 Å². The normalized spacial score (nSPS) is 10.8. The molecule has 15 heavy (non-hydrogen) atoms. The van der Waals surface area contributed by atoms with E-state index in [9.17, 15) is 0 Å². The molecule has 0 N–H and O–H groups in total. The third kappa shape index (κ3) is 4.58. The van der Waals surface area contributed by atoms with Crippen LogP contribution in [0.2, 0.25) is 0 Å². The van der Waals surface area contributed by atoms with Crippen LogP contribution in [0.4, 0.5) is 5.69 Å². The van der Waals surface area contributed by atoms with E-state index in [1.807, 2.05) is 12.4 Å². The van der Waals surface area contributed by atoms with Crippen LogP contribution >= 0.6 is 0 Å². The van der Waals surface area contributed by atoms with Crippen molar-refractivity contribution in [3.63, 3.8) is 0 Å². The molecule has 3 heteroatoms. The SMILES string of the molecule is CCCN(/C=N/c1[c]cncc1)CCC. The highest BCUT2D eigenvalue weighted by Gasteiger charge is 1.95. The Bertz CT molecular complexity index is 276. The molecule has 0 unspecified atom stereocenters. The molecule has 0 saturated heterocycles. The molecule has 1 radical (unpaired) electrons. The first-order valence-corrected chi connectivity index (χ1v) is 5.46. The van der Waals surface area contributed by atoms with Gasteiger partial charge in [-0.05, 0) is 18.9 Å². The molecule has 81 valence electrons. The zero-order valence-electron chi connectivity index (χ0n) is 9.48. The average molecular weight is 204 g/mol. The zero-order valence-corrected chi connectivity index (χ0v) is 9.48. The van der Waals surface area contributed by atoms with Crippen LogP contribution in [0.3, 0.4) is 0 Å². The number of hydrogen-bond donors (Lipinski definition) is 0. The molecular formula is C12H18N3. The molecule has 0 saturated carbocycles. The lowest BCUT2D eigenvalue weighted by Crippen LogP contribution is -2.23. The summed E-state index contributed by atoms with van der Waals surface area (Å²) in [5.74, 6) is 0. The van der Waals surface area contributed by atoms with Gasteiger partial charge in [0.05, 0.1) is 12.0 Å². The molecule has 1 aromatic heterocycles. The highest BCUT2D eigenvalue weighted by molar-refractivity contribution is 5.60. The van der Waals surface area contributed by atoms with E-state index in [1.54, 1.807) is 12.4 Å². The van der Waals surface area contributed by atoms with Crippen molar-refractivity contribution in [3.8, 4) is 0 Å². The third-order valence-corrected chi connectivity index (χ3v) is 1.99. The zero-order chi connectivity index (χ0) is 10.9. The Morgan fingerprint density at radius 2 is 2.13 bits per heavy atom. The van der Waals surface area contributed by atoms with Gasteiger partial charge in [0, 0.05) is 31.5 Å². The number of aliphatic imine (C=N–C) groups is 1. The fraction of sp³-hybridized carbons (Fsp3) is 0.500. The van der Waals surface area contributed by atoms with E-state index < -0.39 is 0 Å². The molecule has 0 bridgehead atoms. The second-order valence-corrected chi connectivity index (χ2v) is 3.40. The van der Waals surface area contributed by atoms with Gasteiger partial charge < -0.3 is 4.90 Å². The summed E-state index contributed by atoms with van der Waals surface area (Å²) < 4.78 is 0. The summed E-state index contributed by atoms with van der Waals surface area (Å²) in [7, 11) is 0. The summed E-state index contributed by atoms with van der Waals surface area (Å²) >= 11 is 0. The topological polar surface area (TPSA) is 28.5 Å². The molecule has 0 amide bonds. The molecule has 0 aliphatic carbocycles. The molecule has 1 aromatic rings. The minimum Gasteiger partial charge on any atom is -0.363 e. The number of nitrogens with zero attached hydrogens (tertiary/aromatic N) is 3. The predicted octanol–water partition coefficient (Wildman–Crippen LogP) is 2.66. The maximum Gasteiger partial charge on any atom is 0.0912 e. The van der Waals surface area contributed by atoms with Gasteiger partial charge in [-0.1, -0.05) is 13.8 Å². The van der Waals surface area contributed by atoms with Crippen LogP contribution in [0.1, 0.15) is 26.7 Å². The fourth-order valence-corrected chi connectivity index (χ4v) is 1.33. The van der Waals surface area contributed by atoms with Crippen LogP contribution in [-0.2, 0) is 0 Å². The summed E-state index contributed by atoms with van der Waals surface area (Å²) in [5, 5.41) is 0. The summed E-state index contributed by atoms with van der Waals surface area (Å²) in [6.07, 6.45) is 7.56. The van der Waals surface area contributed by atoms with E-state index >= 15 is 0 Å². The van der Waals surface area contributed by atoms with Crippen LogP contribution in [0.15, 0.2) is 23.5 Å². The molecule has 0 fully saturated rings. The molecule has 1 rings (SSSR count). The van der Waals surface area contributed by atoms with Crippen LogP contribution in [-0.4, -0.2) is 29.3 Å². The molecule has 0 atom stereocenters. The number of aromatic nitrogens is 1. The lowest BCUT2D eigenvalue weighted by Gasteiger charge is -2.17. The monoisotopic (exact) mass is 204 g/mol. The first kappa shape index (κ1) is 11.7. The lowest BCUT2D eigenvalue weighted by atomic mass is 10.4. The second kappa shape index (κ2) is 6.98. The van der Waals surface area contributed by atoms with Gasteiger partial charge in [-0.2, -0.15) is 0 Å². The van der Waals surface area contributed by atoms with E-state index in [-0.39, 0.29) is 0 Å². The van der Waals surface area contributed by atoms with Gasteiger partial charge in [-0.15, -0.1) is 0 Å². The number of hydrogen-bond acceptors (Lipinski definition) is 2. The molecule has 0 aromatic carbocycles. The molecule has 0 aliphatic heterocycles. The Balaban J connectivity index is 2.53. The smallest absolute Gasteiger partial charge is 0.0912 e. The Hall–Kier alpha value is -1.38. The van der Waals surface area contributed by atoms with Gasteiger partial charge >= 0.3 is 0 Å². The van der Waals surface area contributed by atoms with Gasteiger partial charge in [-0.25, -0.2) is 4.99 Å². The van der Waals surface area contributed by atoms with E-state index in [4.69, 9.17) is 0 Å². The van der Waals surface area contributed by atoms with E-state index in [1.165, 1.54) is 0 Å². The van der Waals surface area contributed by atoms with Gasteiger partial charge in [0.15, 0.2) is 0 Å². The summed E-state index contributed by atoms with van der Waals surface area (Å²) in [4.78, 5) is 10.5. The van der Waals surface area contributed by atoms with Crippen LogP contribution in [0.5, 0.6) is 0 Å². The first-order valence-electron chi connectivity index (χ1n) is 5.46. The van der Waals surface area contributed by atoms with Crippen molar-refractivity contribution in [3.05, 3.63) is 24.5 Å². The van der Waals surface area contributed by atoms with Crippen molar-refractivity contribution >= 4 is 12.0 Å². The standard InChI is InChI=1S/C12H18N3/c1-3-9-15(10-4-2)11-14-12-5-7-13-8-6-12/h5,7-8,11H,3-4,9-10H2,1-2H3/b14-11+. The highest BCUT2D eigenvalue weighted by atomic mass is 15.1. The van der Waals surface area contributed by atoms with E-state index in [0.717, 1.165) is 31.6 Å². The minimum absolute atomic E-state index is 0.835. The van der Waals surface area contributed by atoms with Crippen molar-refractivity contribution < 1.29 is 0 Å². The minimum atomic E-state index is 0.835. The quantitative estimate of drug-likeness (QED) is 0.526. The maximum absolute atomic E-state index is 4.35. The van der Waals surface area contributed by atoms with Crippen molar-refractivity contribution in [1.82, 2.24) is 9.88 Å². The lowest BCUT2D eigenvalue weighted by molar-refractivity contribution is 0.428. The summed E-state index contributed by atoms with van der Waals surface area (Å²) in [6, 6.07) is 4.83. The fourth-order valence-electron chi connectivity index (χ4n) is 1.33. The van der Waals surface area contributed by atoms with Crippen molar-refractivity contribution in [2.45, 2.75) is 26.7 Å². The first-order chi connectivity index (χ1) is 7.36. The summed E-state index contributed by atoms with van der Waals surface area (Å²) in [5.41, 5.74) is 0.835. The largest absolute Gasteiger partial charge is 0.363 e. The molecule has 0 spiro atoms. The third-order valence-electron chi connectivity index (χ3n) is 1.99. The van der Waals surface area contributed by atoms with Crippen LogP contribution in [0.25, 0.3) is 0 Å². The van der Waals surface area contributed by atoms with Crippen molar-refractivity contribution in [2.24, 2.45) is 4.99 Å². The van der Waals surface area contributed by atoms with Gasteiger partial charge in [0.25, 0.3) is 0 Å². The van der Waals surface area contributed by atoms with E-state index in [0.29, 0.717) is 0 Å². The van der Waals surface area contributed by atoms with Crippen LogP contribution in [0, 0.1) is 6.07 Å². The molecule has 0 aliphatic rings. The van der Waals surface area contributed by atoms with Crippen molar-refractivity contribution in [2.75, 3.05) is 13.1 Å². The molecule has 3 nitrogen and oxygen atoms in total. The van der Waals surface area contributed by atoms with Gasteiger partial charge in [0.2, 0.25) is 0 Å². The van der Waals surface area contributed by atoms with Gasteiger partial charge in [-0.3, -0.25) is 4.98 Å². The predicted molar refractivity (Wildman–Crippen MR) is 63.4 cm³/mol. The maximum atomic E-state index is 4.35. The summed E-state index contributed by atoms with van der Waals surface area (Å²) in [6.45, 7) is 6.47. The number of pyridine rings is 1. The van der Waals surface area contributed by atoms with Crippen molar-refractivity contribution in [1.29, 1.82) is 0 Å². The number of rotatable bonds is 6. The average Bonchev–Trinajstić information content (AvgIpc) is 2.28.